The van der Waals surface area contributed by atoms with E-state index in [1.54, 1.807) is 18.2 Å². The van der Waals surface area contributed by atoms with Gasteiger partial charge in [0, 0.05) is 15.6 Å². The molecule has 0 radical (unpaired) electrons. The van der Waals surface area contributed by atoms with Crippen LogP contribution >= 0.6 is 15.9 Å². The number of rotatable bonds is 4. The number of ketones is 1. The second-order valence-corrected chi connectivity index (χ2v) is 4.72. The first-order valence-corrected chi connectivity index (χ1v) is 6.53. The van der Waals surface area contributed by atoms with Crippen LogP contribution in [0.25, 0.3) is 0 Å². The van der Waals surface area contributed by atoms with Crippen molar-refractivity contribution in [2.24, 2.45) is 0 Å². The Labute approximate surface area is 115 Å². The van der Waals surface area contributed by atoms with Crippen LogP contribution in [0.15, 0.2) is 53.0 Å². The summed E-state index contributed by atoms with van der Waals surface area (Å²) >= 11 is 3.37. The zero-order valence-corrected chi connectivity index (χ0v) is 11.6. The van der Waals surface area contributed by atoms with Gasteiger partial charge in [0.1, 0.15) is 5.75 Å². The zero-order chi connectivity index (χ0) is 13.0. The average Bonchev–Trinajstić information content (AvgIpc) is 2.39. The summed E-state index contributed by atoms with van der Waals surface area (Å²) in [7, 11) is 0. The smallest absolute Gasteiger partial charge is 0.193 e. The molecule has 0 amide bonds. The summed E-state index contributed by atoms with van der Waals surface area (Å²) in [5.41, 5.74) is 1.30. The lowest BCUT2D eigenvalue weighted by atomic mass is 10.0. The molecule has 2 aromatic carbocycles. The van der Waals surface area contributed by atoms with Gasteiger partial charge in [0.15, 0.2) is 5.78 Å². The molecule has 3 heteroatoms. The minimum Gasteiger partial charge on any atom is -0.494 e. The largest absolute Gasteiger partial charge is 0.494 e. The summed E-state index contributed by atoms with van der Waals surface area (Å²) in [5.74, 6) is 0.719. The topological polar surface area (TPSA) is 26.3 Å². The van der Waals surface area contributed by atoms with Crippen molar-refractivity contribution in [3.63, 3.8) is 0 Å². The number of hydrogen-bond acceptors (Lipinski definition) is 2. The molecular formula is C15H13BrO2. The Morgan fingerprint density at radius 2 is 1.78 bits per heavy atom. The van der Waals surface area contributed by atoms with E-state index in [0.29, 0.717) is 17.7 Å². The highest BCUT2D eigenvalue weighted by Gasteiger charge is 2.09. The third-order valence-electron chi connectivity index (χ3n) is 2.49. The van der Waals surface area contributed by atoms with Crippen LogP contribution in [-0.2, 0) is 0 Å². The Morgan fingerprint density at radius 1 is 1.11 bits per heavy atom. The highest BCUT2D eigenvalue weighted by atomic mass is 79.9. The van der Waals surface area contributed by atoms with Crippen molar-refractivity contribution in [1.82, 2.24) is 0 Å². The van der Waals surface area contributed by atoms with Crippen molar-refractivity contribution in [2.45, 2.75) is 6.92 Å². The number of benzene rings is 2. The highest BCUT2D eigenvalue weighted by molar-refractivity contribution is 9.10. The quantitative estimate of drug-likeness (QED) is 0.796. The molecule has 0 saturated heterocycles. The van der Waals surface area contributed by atoms with Gasteiger partial charge < -0.3 is 4.74 Å². The van der Waals surface area contributed by atoms with E-state index in [4.69, 9.17) is 4.74 Å². The van der Waals surface area contributed by atoms with Gasteiger partial charge in [-0.15, -0.1) is 0 Å². The Balaban J connectivity index is 2.31. The lowest BCUT2D eigenvalue weighted by Gasteiger charge is -2.06. The maximum atomic E-state index is 12.3. The first-order valence-electron chi connectivity index (χ1n) is 5.74. The molecule has 0 fully saturated rings. The Kier molecular flexibility index (Phi) is 4.15. The summed E-state index contributed by atoms with van der Waals surface area (Å²) in [5, 5.41) is 0. The van der Waals surface area contributed by atoms with E-state index in [2.05, 4.69) is 15.9 Å². The Bertz CT molecular complexity index is 564. The van der Waals surface area contributed by atoms with Gasteiger partial charge in [-0.2, -0.15) is 0 Å². The second kappa shape index (κ2) is 5.83. The standard InChI is InChI=1S/C15H13BrO2/c1-2-18-14-8-4-6-12(10-14)15(17)11-5-3-7-13(16)9-11/h3-10H,2H2,1H3. The van der Waals surface area contributed by atoms with E-state index >= 15 is 0 Å². The molecule has 92 valence electrons. The molecule has 0 aliphatic rings. The van der Waals surface area contributed by atoms with Gasteiger partial charge in [-0.25, -0.2) is 0 Å². The van der Waals surface area contributed by atoms with Gasteiger partial charge in [-0.05, 0) is 31.2 Å². The van der Waals surface area contributed by atoms with Crippen molar-refractivity contribution < 1.29 is 9.53 Å². The van der Waals surface area contributed by atoms with Gasteiger partial charge in [-0.3, -0.25) is 4.79 Å². The SMILES string of the molecule is CCOc1cccc(C(=O)c2cccc(Br)c2)c1. The summed E-state index contributed by atoms with van der Waals surface area (Å²) in [6.07, 6.45) is 0. The van der Waals surface area contributed by atoms with Gasteiger partial charge in [0.25, 0.3) is 0 Å². The average molecular weight is 305 g/mol. The van der Waals surface area contributed by atoms with Crippen molar-refractivity contribution in [3.8, 4) is 5.75 Å². The van der Waals surface area contributed by atoms with Crippen LogP contribution in [0.5, 0.6) is 5.75 Å². The van der Waals surface area contributed by atoms with E-state index in [0.717, 1.165) is 10.2 Å². The molecule has 0 N–H and O–H groups in total. The summed E-state index contributed by atoms with van der Waals surface area (Å²) < 4.78 is 6.29. The molecule has 2 aromatic rings. The number of carbonyl (C=O) groups excluding carboxylic acids is 1. The fourth-order valence-electron chi connectivity index (χ4n) is 1.69. The van der Waals surface area contributed by atoms with E-state index in [1.807, 2.05) is 37.3 Å². The molecule has 0 bridgehead atoms. The van der Waals surface area contributed by atoms with Gasteiger partial charge in [0.05, 0.1) is 6.61 Å². The summed E-state index contributed by atoms with van der Waals surface area (Å²) in [4.78, 5) is 12.3. The molecule has 0 aliphatic carbocycles. The minimum atomic E-state index is -0.00199. The van der Waals surface area contributed by atoms with Crippen molar-refractivity contribution in [1.29, 1.82) is 0 Å². The minimum absolute atomic E-state index is 0.00199. The van der Waals surface area contributed by atoms with Crippen LogP contribution < -0.4 is 4.74 Å². The lowest BCUT2D eigenvalue weighted by molar-refractivity contribution is 0.103. The molecule has 2 nitrogen and oxygen atoms in total. The molecule has 0 atom stereocenters. The van der Waals surface area contributed by atoms with Crippen molar-refractivity contribution >= 4 is 21.7 Å². The molecular weight excluding hydrogens is 292 g/mol. The van der Waals surface area contributed by atoms with Crippen LogP contribution in [0, 0.1) is 0 Å². The predicted molar refractivity (Wildman–Crippen MR) is 75.2 cm³/mol. The fourth-order valence-corrected chi connectivity index (χ4v) is 2.09. The van der Waals surface area contributed by atoms with Crippen LogP contribution in [0.3, 0.4) is 0 Å². The predicted octanol–water partition coefficient (Wildman–Crippen LogP) is 4.08. The van der Waals surface area contributed by atoms with Crippen molar-refractivity contribution in [3.05, 3.63) is 64.1 Å². The molecule has 2 rings (SSSR count). The van der Waals surface area contributed by atoms with Crippen LogP contribution in [0.4, 0.5) is 0 Å². The number of hydrogen-bond donors (Lipinski definition) is 0. The fraction of sp³-hybridized carbons (Fsp3) is 0.133. The van der Waals surface area contributed by atoms with Crippen molar-refractivity contribution in [2.75, 3.05) is 6.61 Å². The second-order valence-electron chi connectivity index (χ2n) is 3.80. The lowest BCUT2D eigenvalue weighted by Crippen LogP contribution is -2.02. The van der Waals surface area contributed by atoms with Gasteiger partial charge in [0.2, 0.25) is 0 Å². The number of carbonyl (C=O) groups is 1. The van der Waals surface area contributed by atoms with Crippen LogP contribution in [0.2, 0.25) is 0 Å². The highest BCUT2D eigenvalue weighted by Crippen LogP contribution is 2.19. The molecule has 0 spiro atoms. The van der Waals surface area contributed by atoms with E-state index in [9.17, 15) is 4.79 Å². The molecule has 0 saturated carbocycles. The van der Waals surface area contributed by atoms with E-state index in [-0.39, 0.29) is 5.78 Å². The molecule has 0 aliphatic heterocycles. The number of halogens is 1. The number of ether oxygens (including phenoxy) is 1. The molecule has 0 unspecified atom stereocenters. The van der Waals surface area contributed by atoms with Gasteiger partial charge >= 0.3 is 0 Å². The summed E-state index contributed by atoms with van der Waals surface area (Å²) in [6, 6.07) is 14.6. The van der Waals surface area contributed by atoms with E-state index < -0.39 is 0 Å². The normalized spacial score (nSPS) is 10.1. The summed E-state index contributed by atoms with van der Waals surface area (Å²) in [6.45, 7) is 2.51. The maximum absolute atomic E-state index is 12.3. The monoisotopic (exact) mass is 304 g/mol. The molecule has 0 heterocycles. The third-order valence-corrected chi connectivity index (χ3v) is 2.99. The zero-order valence-electron chi connectivity index (χ0n) is 10.0. The molecule has 18 heavy (non-hydrogen) atoms. The maximum Gasteiger partial charge on any atom is 0.193 e. The Hall–Kier alpha value is -1.61. The third kappa shape index (κ3) is 2.99. The van der Waals surface area contributed by atoms with E-state index in [1.165, 1.54) is 0 Å². The van der Waals surface area contributed by atoms with Gasteiger partial charge in [-0.1, -0.05) is 40.2 Å². The Morgan fingerprint density at radius 3 is 2.44 bits per heavy atom. The van der Waals surface area contributed by atoms with Crippen LogP contribution in [0.1, 0.15) is 22.8 Å². The van der Waals surface area contributed by atoms with Crippen LogP contribution in [-0.4, -0.2) is 12.4 Å². The first kappa shape index (κ1) is 12.8. The first-order chi connectivity index (χ1) is 8.70. The molecule has 0 aromatic heterocycles.